The molecule has 0 spiro atoms. The first kappa shape index (κ1) is 19.8. The van der Waals surface area contributed by atoms with Gasteiger partial charge in [0.2, 0.25) is 0 Å². The van der Waals surface area contributed by atoms with Crippen molar-refractivity contribution in [2.45, 2.75) is 11.8 Å². The van der Waals surface area contributed by atoms with E-state index in [2.05, 4.69) is 10.4 Å². The second-order valence-corrected chi connectivity index (χ2v) is 6.32. The normalized spacial score (nSPS) is 11.5. The van der Waals surface area contributed by atoms with Gasteiger partial charge in [-0.2, -0.15) is 18.6 Å². The summed E-state index contributed by atoms with van der Waals surface area (Å²) in [6, 6.07) is 7.27. The Morgan fingerprint density at radius 1 is 1.04 bits per heavy atom. The van der Waals surface area contributed by atoms with Crippen molar-refractivity contribution in [3.63, 3.8) is 0 Å². The zero-order valence-corrected chi connectivity index (χ0v) is 14.7. The number of amides is 1. The van der Waals surface area contributed by atoms with Gasteiger partial charge in [-0.3, -0.25) is 0 Å². The molecule has 0 radical (unpaired) electrons. The van der Waals surface area contributed by atoms with Crippen molar-refractivity contribution in [3.05, 3.63) is 71.8 Å². The van der Waals surface area contributed by atoms with Gasteiger partial charge in [-0.15, -0.1) is 0 Å². The zero-order chi connectivity index (χ0) is 20.5. The van der Waals surface area contributed by atoms with E-state index in [4.69, 9.17) is 11.6 Å². The van der Waals surface area contributed by atoms with E-state index in [-0.39, 0.29) is 22.5 Å². The van der Waals surface area contributed by atoms with Gasteiger partial charge < -0.3 is 5.32 Å². The lowest BCUT2D eigenvalue weighted by atomic mass is 10.0. The molecule has 0 unspecified atom stereocenters. The predicted octanol–water partition coefficient (Wildman–Crippen LogP) is 5.42. The van der Waals surface area contributed by atoms with Crippen LogP contribution in [0.15, 0.2) is 48.7 Å². The summed E-state index contributed by atoms with van der Waals surface area (Å²) in [5.74, 6) is -3.62. The van der Waals surface area contributed by atoms with Crippen LogP contribution in [0.3, 0.4) is 0 Å². The third-order valence-electron chi connectivity index (χ3n) is 3.70. The van der Waals surface area contributed by atoms with Crippen LogP contribution in [0.1, 0.15) is 5.69 Å². The van der Waals surface area contributed by atoms with Crippen LogP contribution in [0.2, 0.25) is 0 Å². The maximum atomic E-state index is 14.1. The fourth-order valence-electron chi connectivity index (χ4n) is 2.50. The highest BCUT2D eigenvalue weighted by molar-refractivity contribution is 6.21. The molecule has 3 rings (SSSR count). The molecular formula is C18H11ClF5N3O. The molecule has 3 aromatic rings. The maximum Gasteiger partial charge on any atom is 0.346 e. The molecule has 1 aromatic heterocycles. The van der Waals surface area contributed by atoms with Crippen molar-refractivity contribution in [1.29, 1.82) is 0 Å². The number of nitrogens with zero attached hydrogens (tertiary/aromatic N) is 2. The van der Waals surface area contributed by atoms with E-state index in [0.717, 1.165) is 10.9 Å². The molecule has 0 aliphatic carbocycles. The van der Waals surface area contributed by atoms with Crippen molar-refractivity contribution in [3.8, 4) is 11.1 Å². The number of nitrogens with one attached hydrogen (secondary N) is 1. The van der Waals surface area contributed by atoms with Gasteiger partial charge in [-0.05, 0) is 29.8 Å². The molecule has 0 bridgehead atoms. The van der Waals surface area contributed by atoms with Crippen molar-refractivity contribution >= 4 is 23.3 Å². The number of hydrogen-bond donors (Lipinski definition) is 1. The van der Waals surface area contributed by atoms with Crippen molar-refractivity contribution in [1.82, 2.24) is 9.78 Å². The number of rotatable bonds is 4. The quantitative estimate of drug-likeness (QED) is 0.351. The second-order valence-electron chi connectivity index (χ2n) is 5.77. The molecule has 2 aromatic carbocycles. The fourth-order valence-corrected chi connectivity index (χ4v) is 2.64. The first-order valence-electron chi connectivity index (χ1n) is 7.80. The summed E-state index contributed by atoms with van der Waals surface area (Å²) in [5, 5.41) is 2.61. The fraction of sp³-hybridized carbons (Fsp3) is 0.111. The van der Waals surface area contributed by atoms with Crippen LogP contribution in [0.25, 0.3) is 11.1 Å². The lowest BCUT2D eigenvalue weighted by molar-refractivity contribution is 0.0956. The molecule has 28 heavy (non-hydrogen) atoms. The molecule has 146 valence electrons. The molecule has 0 saturated carbocycles. The topological polar surface area (TPSA) is 46.9 Å². The van der Waals surface area contributed by atoms with Crippen LogP contribution in [0.5, 0.6) is 0 Å². The summed E-state index contributed by atoms with van der Waals surface area (Å²) in [7, 11) is 0. The van der Waals surface area contributed by atoms with Crippen molar-refractivity contribution in [2.24, 2.45) is 0 Å². The highest BCUT2D eigenvalue weighted by atomic mass is 35.5. The maximum absolute atomic E-state index is 14.1. The molecule has 0 aliphatic heterocycles. The van der Waals surface area contributed by atoms with Gasteiger partial charge in [0.1, 0.15) is 5.82 Å². The molecule has 0 atom stereocenters. The van der Waals surface area contributed by atoms with Gasteiger partial charge in [0.05, 0.1) is 17.8 Å². The van der Waals surface area contributed by atoms with Crippen LogP contribution >= 0.6 is 11.6 Å². The second kappa shape index (κ2) is 7.59. The molecule has 1 N–H and O–H groups in total. The highest BCUT2D eigenvalue weighted by Crippen LogP contribution is 2.31. The van der Waals surface area contributed by atoms with E-state index in [9.17, 15) is 26.7 Å². The van der Waals surface area contributed by atoms with Crippen LogP contribution in [0, 0.1) is 17.5 Å². The third-order valence-corrected chi connectivity index (χ3v) is 3.84. The number of para-hydroxylation sites is 1. The molecule has 10 heteroatoms. The molecule has 0 saturated heterocycles. The Balaban J connectivity index is 1.88. The summed E-state index contributed by atoms with van der Waals surface area (Å²) >= 11 is 4.84. The summed E-state index contributed by atoms with van der Waals surface area (Å²) in [6.45, 7) is 0. The van der Waals surface area contributed by atoms with Gasteiger partial charge >= 0.3 is 11.4 Å². The average Bonchev–Trinajstić information content (AvgIpc) is 3.05. The highest BCUT2D eigenvalue weighted by Gasteiger charge is 2.26. The molecular weight excluding hydrogens is 405 g/mol. The van der Waals surface area contributed by atoms with Crippen molar-refractivity contribution in [2.75, 3.05) is 5.32 Å². The van der Waals surface area contributed by atoms with Crippen LogP contribution in [0.4, 0.5) is 32.4 Å². The minimum absolute atomic E-state index is 0.0807. The standard InChI is InChI=1S/C18H11ClF5N3O/c19-18(23,24)9-10-5-6-27(26-10)17(28)25-16-4-2-1-3-11(16)12-7-14(21)15(22)8-13(12)20/h1-8H,9H2,(H,25,28). The number of halogens is 6. The summed E-state index contributed by atoms with van der Waals surface area (Å²) < 4.78 is 67.2. The van der Waals surface area contributed by atoms with Gasteiger partial charge in [-0.25, -0.2) is 18.0 Å². The van der Waals surface area contributed by atoms with Gasteiger partial charge in [0.25, 0.3) is 0 Å². The Morgan fingerprint density at radius 3 is 2.43 bits per heavy atom. The van der Waals surface area contributed by atoms with Crippen LogP contribution in [-0.4, -0.2) is 21.2 Å². The first-order chi connectivity index (χ1) is 13.1. The van der Waals surface area contributed by atoms with E-state index in [1.165, 1.54) is 30.3 Å². The summed E-state index contributed by atoms with van der Waals surface area (Å²) in [6.07, 6.45) is 0.277. The molecule has 0 aliphatic rings. The monoisotopic (exact) mass is 415 g/mol. The van der Waals surface area contributed by atoms with Crippen molar-refractivity contribution < 1.29 is 26.7 Å². The Labute approximate surface area is 160 Å². The van der Waals surface area contributed by atoms with Gasteiger partial charge in [0.15, 0.2) is 11.6 Å². The van der Waals surface area contributed by atoms with Gasteiger partial charge in [-0.1, -0.05) is 18.2 Å². The van der Waals surface area contributed by atoms with Gasteiger partial charge in [0, 0.05) is 23.4 Å². The minimum atomic E-state index is -3.51. The number of aromatic nitrogens is 2. The molecule has 1 heterocycles. The largest absolute Gasteiger partial charge is 0.346 e. The Hall–Kier alpha value is -2.94. The zero-order valence-electron chi connectivity index (χ0n) is 13.9. The number of hydrogen-bond acceptors (Lipinski definition) is 2. The SMILES string of the molecule is O=C(Nc1ccccc1-c1cc(F)c(F)cc1F)n1ccc(CC(F)(F)Cl)n1. The Kier molecular flexibility index (Phi) is 5.37. The first-order valence-corrected chi connectivity index (χ1v) is 8.18. The number of alkyl halides is 3. The Morgan fingerprint density at radius 2 is 1.71 bits per heavy atom. The molecule has 0 fully saturated rings. The smallest absolute Gasteiger partial charge is 0.305 e. The lowest BCUT2D eigenvalue weighted by Crippen LogP contribution is -2.21. The summed E-state index contributed by atoms with van der Waals surface area (Å²) in [4.78, 5) is 12.3. The van der Waals surface area contributed by atoms with E-state index >= 15 is 0 Å². The predicted molar refractivity (Wildman–Crippen MR) is 92.9 cm³/mol. The van der Waals surface area contributed by atoms with E-state index < -0.39 is 35.3 Å². The van der Waals surface area contributed by atoms with E-state index in [0.29, 0.717) is 12.1 Å². The summed E-state index contributed by atoms with van der Waals surface area (Å²) in [5.41, 5.74) is -0.211. The molecule has 1 amide bonds. The number of anilines is 1. The average molecular weight is 416 g/mol. The molecule has 4 nitrogen and oxygen atoms in total. The lowest BCUT2D eigenvalue weighted by Gasteiger charge is -2.12. The number of carbonyl (C=O) groups is 1. The van der Waals surface area contributed by atoms with Crippen LogP contribution in [-0.2, 0) is 6.42 Å². The van der Waals surface area contributed by atoms with E-state index in [1.807, 2.05) is 0 Å². The minimum Gasteiger partial charge on any atom is -0.305 e. The number of carbonyl (C=O) groups excluding carboxylic acids is 1. The van der Waals surface area contributed by atoms with E-state index in [1.54, 1.807) is 0 Å². The Bertz CT molecular complexity index is 1030. The third kappa shape index (κ3) is 4.48. The van der Waals surface area contributed by atoms with Crippen LogP contribution < -0.4 is 5.32 Å². The number of benzene rings is 2.